The van der Waals surface area contributed by atoms with Crippen LogP contribution in [-0.2, 0) is 0 Å². The monoisotopic (exact) mass is 284 g/mol. The Morgan fingerprint density at radius 3 is 2.86 bits per heavy atom. The van der Waals surface area contributed by atoms with Crippen molar-refractivity contribution in [2.24, 2.45) is 0 Å². The molecule has 106 valence electrons. The molecule has 5 nitrogen and oxygen atoms in total. The molecule has 0 aliphatic heterocycles. The summed E-state index contributed by atoms with van der Waals surface area (Å²) in [6.45, 7) is 2.60. The molecule has 2 rings (SSSR count). The fraction of sp³-hybridized carbons (Fsp3) is 0.133. The maximum Gasteiger partial charge on any atom is 0.255 e. The number of pyridine rings is 1. The first-order valence-electron chi connectivity index (χ1n) is 6.35. The van der Waals surface area contributed by atoms with Crippen molar-refractivity contribution >= 4 is 17.4 Å². The van der Waals surface area contributed by atoms with Crippen molar-refractivity contribution in [1.29, 1.82) is 5.26 Å². The average Bonchev–Trinajstić information content (AvgIpc) is 2.50. The van der Waals surface area contributed by atoms with Crippen LogP contribution in [0, 0.1) is 17.1 Å². The first-order valence-corrected chi connectivity index (χ1v) is 6.35. The number of anilines is 2. The van der Waals surface area contributed by atoms with Gasteiger partial charge in [0.1, 0.15) is 11.6 Å². The fourth-order valence-electron chi connectivity index (χ4n) is 1.73. The molecule has 0 aliphatic carbocycles. The van der Waals surface area contributed by atoms with E-state index >= 15 is 0 Å². The van der Waals surface area contributed by atoms with Crippen LogP contribution in [0.3, 0.4) is 0 Å². The van der Waals surface area contributed by atoms with E-state index in [1.165, 1.54) is 24.4 Å². The van der Waals surface area contributed by atoms with Gasteiger partial charge in [0.2, 0.25) is 0 Å². The van der Waals surface area contributed by atoms with Gasteiger partial charge in [0, 0.05) is 18.3 Å². The number of nitrogens with one attached hydrogen (secondary N) is 2. The third-order valence-electron chi connectivity index (χ3n) is 2.73. The number of hydrogen-bond acceptors (Lipinski definition) is 4. The largest absolute Gasteiger partial charge is 0.370 e. The Kier molecular flexibility index (Phi) is 4.46. The normalized spacial score (nSPS) is 9.76. The smallest absolute Gasteiger partial charge is 0.255 e. The summed E-state index contributed by atoms with van der Waals surface area (Å²) in [7, 11) is 0. The van der Waals surface area contributed by atoms with Crippen LogP contribution in [0.2, 0.25) is 0 Å². The van der Waals surface area contributed by atoms with Crippen LogP contribution in [0.5, 0.6) is 0 Å². The Morgan fingerprint density at radius 1 is 1.38 bits per heavy atom. The van der Waals surface area contributed by atoms with Crippen molar-refractivity contribution in [3.63, 3.8) is 0 Å². The second-order valence-corrected chi connectivity index (χ2v) is 4.22. The number of carbonyl (C=O) groups is 1. The molecule has 0 saturated heterocycles. The molecule has 0 spiro atoms. The first kappa shape index (κ1) is 14.5. The summed E-state index contributed by atoms with van der Waals surface area (Å²) in [6, 6.07) is 8.83. The molecular weight excluding hydrogens is 271 g/mol. The number of nitriles is 1. The van der Waals surface area contributed by atoms with Gasteiger partial charge in [0.05, 0.1) is 17.3 Å². The molecule has 0 saturated carbocycles. The Labute approximate surface area is 121 Å². The minimum absolute atomic E-state index is 0.0285. The first-order chi connectivity index (χ1) is 10.1. The fourth-order valence-corrected chi connectivity index (χ4v) is 1.73. The van der Waals surface area contributed by atoms with Crippen LogP contribution in [-0.4, -0.2) is 17.4 Å². The number of carbonyl (C=O) groups excluding carboxylic acids is 1. The molecular formula is C15H13FN4O. The highest BCUT2D eigenvalue weighted by molar-refractivity contribution is 6.04. The van der Waals surface area contributed by atoms with Gasteiger partial charge in [-0.1, -0.05) is 0 Å². The second-order valence-electron chi connectivity index (χ2n) is 4.22. The number of benzene rings is 1. The van der Waals surface area contributed by atoms with Crippen LogP contribution in [0.25, 0.3) is 0 Å². The highest BCUT2D eigenvalue weighted by atomic mass is 19.1. The third-order valence-corrected chi connectivity index (χ3v) is 2.73. The molecule has 0 bridgehead atoms. The maximum atomic E-state index is 13.7. The van der Waals surface area contributed by atoms with Gasteiger partial charge in [0.25, 0.3) is 5.91 Å². The van der Waals surface area contributed by atoms with Crippen LogP contribution < -0.4 is 10.6 Å². The number of amides is 1. The van der Waals surface area contributed by atoms with E-state index in [0.29, 0.717) is 17.9 Å². The molecule has 21 heavy (non-hydrogen) atoms. The van der Waals surface area contributed by atoms with Crippen LogP contribution in [0.4, 0.5) is 15.9 Å². The molecule has 1 heterocycles. The van der Waals surface area contributed by atoms with Crippen molar-refractivity contribution in [3.8, 4) is 6.07 Å². The van der Waals surface area contributed by atoms with E-state index in [9.17, 15) is 9.18 Å². The summed E-state index contributed by atoms with van der Waals surface area (Å²) in [5, 5.41) is 14.1. The van der Waals surface area contributed by atoms with Crippen molar-refractivity contribution in [2.75, 3.05) is 17.2 Å². The van der Waals surface area contributed by atoms with Gasteiger partial charge in [-0.2, -0.15) is 5.26 Å². The lowest BCUT2D eigenvalue weighted by molar-refractivity contribution is 0.102. The van der Waals surface area contributed by atoms with E-state index in [4.69, 9.17) is 5.26 Å². The van der Waals surface area contributed by atoms with Crippen molar-refractivity contribution in [2.45, 2.75) is 6.92 Å². The molecule has 0 fully saturated rings. The van der Waals surface area contributed by atoms with Gasteiger partial charge >= 0.3 is 0 Å². The minimum atomic E-state index is -0.650. The van der Waals surface area contributed by atoms with Crippen LogP contribution in [0.1, 0.15) is 22.8 Å². The Hall–Kier alpha value is -2.94. The van der Waals surface area contributed by atoms with Gasteiger partial charge < -0.3 is 10.6 Å². The van der Waals surface area contributed by atoms with Gasteiger partial charge in [0.15, 0.2) is 0 Å². The minimum Gasteiger partial charge on any atom is -0.370 e. The standard InChI is InChI=1S/C15H13FN4O/c1-2-18-14-8-11(5-6-19-14)15(21)20-13-4-3-10(9-17)7-12(13)16/h3-8H,2H2,1H3,(H,18,19)(H,20,21). The lowest BCUT2D eigenvalue weighted by Crippen LogP contribution is -2.14. The predicted octanol–water partition coefficient (Wildman–Crippen LogP) is 2.78. The summed E-state index contributed by atoms with van der Waals surface area (Å²) in [5.41, 5.74) is 0.592. The van der Waals surface area contributed by atoms with Crippen LogP contribution >= 0.6 is 0 Å². The molecule has 1 aromatic heterocycles. The van der Waals surface area contributed by atoms with E-state index in [0.717, 1.165) is 6.07 Å². The topological polar surface area (TPSA) is 77.8 Å². The number of nitrogens with zero attached hydrogens (tertiary/aromatic N) is 2. The second kappa shape index (κ2) is 6.48. The van der Waals surface area contributed by atoms with E-state index in [1.54, 1.807) is 6.07 Å². The number of aromatic nitrogens is 1. The zero-order valence-electron chi connectivity index (χ0n) is 11.4. The van der Waals surface area contributed by atoms with E-state index in [-0.39, 0.29) is 11.3 Å². The van der Waals surface area contributed by atoms with E-state index in [1.807, 2.05) is 13.0 Å². The van der Waals surface area contributed by atoms with Crippen molar-refractivity contribution in [3.05, 3.63) is 53.5 Å². The van der Waals surface area contributed by atoms with Crippen molar-refractivity contribution in [1.82, 2.24) is 4.98 Å². The predicted molar refractivity (Wildman–Crippen MR) is 77.5 cm³/mol. The lowest BCUT2D eigenvalue weighted by Gasteiger charge is -2.08. The average molecular weight is 284 g/mol. The van der Waals surface area contributed by atoms with Crippen LogP contribution in [0.15, 0.2) is 36.5 Å². The van der Waals surface area contributed by atoms with E-state index < -0.39 is 11.7 Å². The Morgan fingerprint density at radius 2 is 2.19 bits per heavy atom. The molecule has 0 aliphatic rings. The number of rotatable bonds is 4. The highest BCUT2D eigenvalue weighted by Gasteiger charge is 2.10. The lowest BCUT2D eigenvalue weighted by atomic mass is 10.2. The Bertz CT molecular complexity index is 709. The zero-order chi connectivity index (χ0) is 15.2. The molecule has 2 N–H and O–H groups in total. The SMILES string of the molecule is CCNc1cc(C(=O)Nc2ccc(C#N)cc2F)ccn1. The molecule has 0 atom stereocenters. The third kappa shape index (κ3) is 3.54. The Balaban J connectivity index is 2.18. The molecule has 0 unspecified atom stereocenters. The summed E-state index contributed by atoms with van der Waals surface area (Å²) < 4.78 is 13.7. The van der Waals surface area contributed by atoms with Gasteiger partial charge in [-0.15, -0.1) is 0 Å². The summed E-state index contributed by atoms with van der Waals surface area (Å²) in [6.07, 6.45) is 1.50. The van der Waals surface area contributed by atoms with Crippen molar-refractivity contribution < 1.29 is 9.18 Å². The highest BCUT2D eigenvalue weighted by Crippen LogP contribution is 2.17. The molecule has 2 aromatic rings. The van der Waals surface area contributed by atoms with Gasteiger partial charge in [-0.3, -0.25) is 4.79 Å². The molecule has 6 heteroatoms. The summed E-state index contributed by atoms with van der Waals surface area (Å²) in [5.74, 6) is -0.519. The molecule has 1 aromatic carbocycles. The quantitative estimate of drug-likeness (QED) is 0.905. The molecule has 0 radical (unpaired) electrons. The summed E-state index contributed by atoms with van der Waals surface area (Å²) >= 11 is 0. The molecule has 1 amide bonds. The number of hydrogen-bond donors (Lipinski definition) is 2. The van der Waals surface area contributed by atoms with E-state index in [2.05, 4.69) is 15.6 Å². The zero-order valence-corrected chi connectivity index (χ0v) is 11.4. The number of halogens is 1. The van der Waals surface area contributed by atoms with Gasteiger partial charge in [-0.05, 0) is 37.3 Å². The maximum absolute atomic E-state index is 13.7. The van der Waals surface area contributed by atoms with Gasteiger partial charge in [-0.25, -0.2) is 9.37 Å². The summed E-state index contributed by atoms with van der Waals surface area (Å²) in [4.78, 5) is 16.1.